The van der Waals surface area contributed by atoms with Crippen LogP contribution in [0, 0.1) is 22.7 Å². The number of hydrogen-bond donors (Lipinski definition) is 6. The Morgan fingerprint density at radius 1 is 0.534 bits per heavy atom. The van der Waals surface area contributed by atoms with Gasteiger partial charge < -0.3 is 60.3 Å². The fraction of sp³-hybridized carbons (Fsp3) is 0.429. The molecule has 0 spiro atoms. The quantitative estimate of drug-likeness (QED) is 0.0122. The minimum Gasteiger partial charge on any atom is -0.466 e. The van der Waals surface area contributed by atoms with Gasteiger partial charge in [-0.25, -0.2) is 19.3 Å². The zero-order chi connectivity index (χ0) is 62.4. The molecule has 0 aliphatic heterocycles. The molecule has 6 N–H and O–H groups in total. The number of methoxy groups -OCH3 is 4. The SMILES string of the molecule is COCC(C)Nc1nc(NCCCOC(=O)CCC(=O)OCCCNc2nc(NC(C)COC)nc(NC(C)COC)c2N=Nc2nn(-c3nc4ccccc4s3)cc2C#N)c(N=Nc2nn(-c3nc4ccccc4s3)cc2C#N)c(NC(C)COC)n1. The van der Waals surface area contributed by atoms with Gasteiger partial charge in [0.25, 0.3) is 0 Å². The van der Waals surface area contributed by atoms with Crippen LogP contribution in [0.25, 0.3) is 30.7 Å². The molecule has 6 heterocycles. The molecule has 30 nitrogen and oxygen atoms in total. The predicted octanol–water partition coefficient (Wildman–Crippen LogP) is 9.39. The van der Waals surface area contributed by atoms with E-state index in [4.69, 9.17) is 48.4 Å². The smallest absolute Gasteiger partial charge is 0.306 e. The second kappa shape index (κ2) is 32.3. The van der Waals surface area contributed by atoms with Gasteiger partial charge in [-0.3, -0.25) is 9.59 Å². The molecule has 0 fully saturated rings. The number of anilines is 6. The number of thiazole rings is 2. The summed E-state index contributed by atoms with van der Waals surface area (Å²) in [4.78, 5) is 54.0. The molecule has 0 saturated heterocycles. The molecule has 6 aromatic heterocycles. The minimum atomic E-state index is -0.588. The van der Waals surface area contributed by atoms with Crippen molar-refractivity contribution < 1.29 is 38.0 Å². The minimum absolute atomic E-state index is 0.0116. The predicted molar refractivity (Wildman–Crippen MR) is 333 cm³/mol. The summed E-state index contributed by atoms with van der Waals surface area (Å²) in [6.45, 7) is 9.59. The molecule has 0 aliphatic carbocycles. The first-order valence-corrected chi connectivity index (χ1v) is 29.6. The van der Waals surface area contributed by atoms with E-state index in [-0.39, 0.29) is 121 Å². The maximum absolute atomic E-state index is 12.9. The van der Waals surface area contributed by atoms with E-state index in [1.54, 1.807) is 40.8 Å². The Morgan fingerprint density at radius 3 is 1.28 bits per heavy atom. The van der Waals surface area contributed by atoms with Gasteiger partial charge in [0.05, 0.1) is 85.3 Å². The number of nitriles is 2. The lowest BCUT2D eigenvalue weighted by Crippen LogP contribution is -2.25. The standard InChI is InChI=1S/C56H68N22O8S2/c1-33(29-81-5)61-51-45(71-73-47-37(25-57)27-77(75-47)55-65-39-15-9-11-17-41(39)87-55)49(67-53(69-51)63-35(3)31-83-7)59-21-13-23-85-43(79)19-20-44(80)86-24-14-22-60-50-46(52(62-34(2)30-82-6)70-54(68-50)64-36(4)32-84-8)72-74-48-38(26-58)28-78(76-48)56-66-40-16-10-12-18-42(40)88-56/h9-12,15-18,27-28,33-36H,13-14,19-24,29-32H2,1-8H3,(H3,59,61,63,67,69)(H3,60,62,64,68,70). The van der Waals surface area contributed by atoms with Crippen molar-refractivity contribution >= 4 is 113 Å². The molecule has 8 rings (SSSR count). The van der Waals surface area contributed by atoms with E-state index >= 15 is 0 Å². The molecule has 0 aliphatic rings. The van der Waals surface area contributed by atoms with E-state index in [2.05, 4.69) is 84.7 Å². The van der Waals surface area contributed by atoms with E-state index in [0.717, 1.165) is 20.4 Å². The summed E-state index contributed by atoms with van der Waals surface area (Å²) in [6.07, 6.45) is 3.34. The number of carbonyl (C=O) groups is 2. The van der Waals surface area contributed by atoms with E-state index < -0.39 is 11.9 Å². The van der Waals surface area contributed by atoms with Crippen molar-refractivity contribution in [2.45, 2.75) is 77.5 Å². The number of nitrogens with one attached hydrogen (secondary N) is 6. The number of azo groups is 2. The lowest BCUT2D eigenvalue weighted by molar-refractivity contribution is -0.150. The van der Waals surface area contributed by atoms with Crippen molar-refractivity contribution in [1.82, 2.24) is 49.5 Å². The molecular formula is C56H68N22O8S2. The van der Waals surface area contributed by atoms with Crippen LogP contribution in [-0.4, -0.2) is 167 Å². The van der Waals surface area contributed by atoms with Crippen LogP contribution >= 0.6 is 22.7 Å². The summed E-state index contributed by atoms with van der Waals surface area (Å²) < 4.78 is 37.4. The highest BCUT2D eigenvalue weighted by Gasteiger charge is 2.23. The van der Waals surface area contributed by atoms with Crippen LogP contribution in [0.2, 0.25) is 0 Å². The maximum Gasteiger partial charge on any atom is 0.306 e. The van der Waals surface area contributed by atoms with Crippen LogP contribution < -0.4 is 31.9 Å². The first-order chi connectivity index (χ1) is 42.8. The fourth-order valence-corrected chi connectivity index (χ4v) is 10.2. The molecule has 2 aromatic carbocycles. The van der Waals surface area contributed by atoms with E-state index in [0.29, 0.717) is 61.2 Å². The first-order valence-electron chi connectivity index (χ1n) is 28.0. The highest BCUT2D eigenvalue weighted by atomic mass is 32.1. The van der Waals surface area contributed by atoms with Gasteiger partial charge in [-0.15, -0.1) is 30.7 Å². The average Bonchev–Trinajstić information content (AvgIpc) is 2.46. The molecule has 0 amide bonds. The lowest BCUT2D eigenvalue weighted by Gasteiger charge is -2.19. The van der Waals surface area contributed by atoms with Crippen molar-refractivity contribution in [1.29, 1.82) is 10.5 Å². The molecular weight excluding hydrogens is 1170 g/mol. The van der Waals surface area contributed by atoms with E-state index in [1.165, 1.54) is 32.0 Å². The molecule has 4 atom stereocenters. The number of para-hydroxylation sites is 2. The third-order valence-corrected chi connectivity index (χ3v) is 14.4. The Kier molecular flexibility index (Phi) is 23.7. The molecule has 8 aromatic rings. The van der Waals surface area contributed by atoms with Gasteiger partial charge in [-0.1, -0.05) is 46.9 Å². The van der Waals surface area contributed by atoms with Crippen LogP contribution in [0.15, 0.2) is 81.4 Å². The third-order valence-electron chi connectivity index (χ3n) is 12.3. The summed E-state index contributed by atoms with van der Waals surface area (Å²) in [7, 11) is 6.36. The molecule has 0 radical (unpaired) electrons. The number of nitrogens with zero attached hydrogens (tertiary/aromatic N) is 16. The molecule has 88 heavy (non-hydrogen) atoms. The highest BCUT2D eigenvalue weighted by Crippen LogP contribution is 2.37. The Hall–Kier alpha value is -9.44. The normalized spacial score (nSPS) is 12.8. The number of hydrogen-bond acceptors (Lipinski definition) is 30. The van der Waals surface area contributed by atoms with Crippen LogP contribution in [0.1, 0.15) is 64.5 Å². The van der Waals surface area contributed by atoms with Crippen LogP contribution in [-0.2, 0) is 38.0 Å². The Bertz CT molecular complexity index is 3470. The zero-order valence-electron chi connectivity index (χ0n) is 49.8. The van der Waals surface area contributed by atoms with Gasteiger partial charge >= 0.3 is 11.9 Å². The summed E-state index contributed by atoms with van der Waals surface area (Å²) in [5, 5.41) is 68.0. The van der Waals surface area contributed by atoms with E-state index in [1.807, 2.05) is 76.2 Å². The van der Waals surface area contributed by atoms with Gasteiger partial charge in [0.15, 0.2) is 34.6 Å². The van der Waals surface area contributed by atoms with Crippen molar-refractivity contribution in [3.05, 3.63) is 72.1 Å². The van der Waals surface area contributed by atoms with Gasteiger partial charge in [0.1, 0.15) is 23.3 Å². The first kappa shape index (κ1) is 64.6. The van der Waals surface area contributed by atoms with Crippen molar-refractivity contribution in [3.63, 3.8) is 0 Å². The second-order valence-corrected chi connectivity index (χ2v) is 21.9. The number of esters is 2. The van der Waals surface area contributed by atoms with Gasteiger partial charge in [-0.05, 0) is 64.8 Å². The molecule has 4 unspecified atom stereocenters. The number of carbonyl (C=O) groups excluding carboxylic acids is 2. The number of fused-ring (bicyclic) bond motifs is 2. The van der Waals surface area contributed by atoms with Crippen LogP contribution in [0.5, 0.6) is 0 Å². The van der Waals surface area contributed by atoms with Crippen molar-refractivity contribution in [3.8, 4) is 22.4 Å². The largest absolute Gasteiger partial charge is 0.466 e. The molecule has 462 valence electrons. The monoisotopic (exact) mass is 1240 g/mol. The number of aromatic nitrogens is 10. The summed E-state index contributed by atoms with van der Waals surface area (Å²) in [5.74, 6) is 0.595. The number of ether oxygens (including phenoxy) is 6. The van der Waals surface area contributed by atoms with Crippen LogP contribution in [0.3, 0.4) is 0 Å². The summed E-state index contributed by atoms with van der Waals surface area (Å²) in [6, 6.07) is 18.8. The Morgan fingerprint density at radius 2 is 0.909 bits per heavy atom. The summed E-state index contributed by atoms with van der Waals surface area (Å²) in [5.41, 5.74) is 2.34. The number of benzene rings is 2. The topological polar surface area (TPSA) is 372 Å². The molecule has 32 heteroatoms. The van der Waals surface area contributed by atoms with Crippen LogP contribution in [0.4, 0.5) is 58.2 Å². The van der Waals surface area contributed by atoms with Crippen molar-refractivity contribution in [2.24, 2.45) is 20.5 Å². The zero-order valence-corrected chi connectivity index (χ0v) is 51.4. The average molecular weight is 1240 g/mol. The Labute approximate surface area is 514 Å². The highest BCUT2D eigenvalue weighted by molar-refractivity contribution is 7.21. The molecule has 0 bridgehead atoms. The third kappa shape index (κ3) is 18.1. The maximum atomic E-state index is 12.9. The lowest BCUT2D eigenvalue weighted by atomic mass is 10.3. The molecule has 0 saturated carbocycles. The fourth-order valence-electron chi connectivity index (χ4n) is 8.37. The second-order valence-electron chi connectivity index (χ2n) is 19.9. The Balaban J connectivity index is 0.875. The summed E-state index contributed by atoms with van der Waals surface area (Å²) >= 11 is 2.83. The van der Waals surface area contributed by atoms with E-state index in [9.17, 15) is 20.1 Å². The van der Waals surface area contributed by atoms with Gasteiger partial charge in [-0.2, -0.15) is 30.5 Å². The van der Waals surface area contributed by atoms with Gasteiger partial charge in [0, 0.05) is 65.7 Å². The van der Waals surface area contributed by atoms with Crippen molar-refractivity contribution in [2.75, 3.05) is 113 Å². The van der Waals surface area contributed by atoms with Gasteiger partial charge in [0.2, 0.25) is 33.8 Å². The number of rotatable bonds is 35.